The molecule has 0 spiro atoms. The summed E-state index contributed by atoms with van der Waals surface area (Å²) in [6.45, 7) is 1.81. The number of aromatic nitrogens is 1. The summed E-state index contributed by atoms with van der Waals surface area (Å²) in [7, 11) is -4.04. The number of aromatic carboxylic acids is 2. The van der Waals surface area contributed by atoms with E-state index < -0.39 is 22.0 Å². The number of nitrogens with one attached hydrogen (secondary N) is 1. The Balaban J connectivity index is 0.00000261. The molecule has 0 aliphatic rings. The molecule has 3 rings (SSSR count). The molecule has 0 unspecified atom stereocenters. The monoisotopic (exact) mass is 394 g/mol. The van der Waals surface area contributed by atoms with Crippen molar-refractivity contribution in [3.63, 3.8) is 0 Å². The molecule has 0 atom stereocenters. The summed E-state index contributed by atoms with van der Waals surface area (Å²) in [5, 5.41) is 18.9. The van der Waals surface area contributed by atoms with E-state index in [0.29, 0.717) is 10.2 Å². The second-order valence-electron chi connectivity index (χ2n) is 5.38. The van der Waals surface area contributed by atoms with Gasteiger partial charge in [-0.1, -0.05) is 0 Å². The Hall–Kier alpha value is -2.98. The highest BCUT2D eigenvalue weighted by Gasteiger charge is 2.18. The van der Waals surface area contributed by atoms with Crippen molar-refractivity contribution in [1.82, 2.24) is 4.98 Å². The number of carbonyl (C=O) groups is 2. The second-order valence-corrected chi connectivity index (χ2v) is 8.29. The Morgan fingerprint density at radius 1 is 1.08 bits per heavy atom. The van der Waals surface area contributed by atoms with Crippen molar-refractivity contribution in [2.45, 2.75) is 11.8 Å². The summed E-state index contributed by atoms with van der Waals surface area (Å²) in [4.78, 5) is 26.5. The number of nitrogens with zero attached hydrogens (tertiary/aromatic N) is 1. The van der Waals surface area contributed by atoms with Crippen LogP contribution < -0.4 is 4.72 Å². The van der Waals surface area contributed by atoms with E-state index in [4.69, 9.17) is 10.2 Å². The maximum atomic E-state index is 12.6. The largest absolute Gasteiger partial charge is 0.478 e. The van der Waals surface area contributed by atoms with Gasteiger partial charge >= 0.3 is 11.9 Å². The first-order chi connectivity index (χ1) is 12.2. The second kappa shape index (κ2) is 6.39. The standard InChI is InChI=1S/C16H12N2O6S2.H2/c1-8-17-13-3-2-12(7-14(13)25-8)26(23,24)18-11-5-9(15(19)20)4-10(6-11)16(21)22;/h2-7,18H,1H3,(H,19,20)(H,21,22);1H. The zero-order chi connectivity index (χ0) is 19.1. The highest BCUT2D eigenvalue weighted by atomic mass is 32.2. The minimum Gasteiger partial charge on any atom is -0.478 e. The summed E-state index contributed by atoms with van der Waals surface area (Å²) in [5.41, 5.74) is -0.150. The van der Waals surface area contributed by atoms with E-state index in [2.05, 4.69) is 9.71 Å². The molecule has 0 saturated heterocycles. The van der Waals surface area contributed by atoms with Gasteiger partial charge < -0.3 is 10.2 Å². The van der Waals surface area contributed by atoms with Crippen molar-refractivity contribution in [3.05, 3.63) is 52.5 Å². The molecule has 3 N–H and O–H groups in total. The Morgan fingerprint density at radius 3 is 2.27 bits per heavy atom. The summed E-state index contributed by atoms with van der Waals surface area (Å²) in [5.74, 6) is -2.73. The molecule has 0 fully saturated rings. The number of thiazole rings is 1. The summed E-state index contributed by atoms with van der Waals surface area (Å²) in [6, 6.07) is 7.48. The van der Waals surface area contributed by atoms with Crippen LogP contribution in [0.25, 0.3) is 10.2 Å². The van der Waals surface area contributed by atoms with Crippen LogP contribution in [-0.4, -0.2) is 35.6 Å². The highest BCUT2D eigenvalue weighted by Crippen LogP contribution is 2.26. The van der Waals surface area contributed by atoms with Crippen LogP contribution in [0.3, 0.4) is 0 Å². The van der Waals surface area contributed by atoms with E-state index in [0.717, 1.165) is 23.2 Å². The van der Waals surface area contributed by atoms with Gasteiger partial charge in [0, 0.05) is 1.43 Å². The van der Waals surface area contributed by atoms with E-state index in [9.17, 15) is 18.0 Å². The molecule has 3 aromatic rings. The summed E-state index contributed by atoms with van der Waals surface area (Å²) >= 11 is 1.34. The predicted octanol–water partition coefficient (Wildman–Crippen LogP) is 3.05. The smallest absolute Gasteiger partial charge is 0.335 e. The van der Waals surface area contributed by atoms with Crippen molar-refractivity contribution < 1.29 is 29.6 Å². The highest BCUT2D eigenvalue weighted by molar-refractivity contribution is 7.92. The van der Waals surface area contributed by atoms with Gasteiger partial charge in [0.15, 0.2) is 0 Å². The number of anilines is 1. The molecule has 2 aromatic carbocycles. The normalized spacial score (nSPS) is 11.4. The number of carboxylic acid groups (broad SMARTS) is 2. The van der Waals surface area contributed by atoms with Gasteiger partial charge in [0.2, 0.25) is 0 Å². The topological polar surface area (TPSA) is 134 Å². The molecular weight excluding hydrogens is 380 g/mol. The fraction of sp³-hybridized carbons (Fsp3) is 0.0625. The fourth-order valence-corrected chi connectivity index (χ4v) is 4.34. The molecule has 136 valence electrons. The first-order valence-corrected chi connectivity index (χ1v) is 9.47. The number of fused-ring (bicyclic) bond motifs is 1. The Morgan fingerprint density at radius 2 is 1.69 bits per heavy atom. The summed E-state index contributed by atoms with van der Waals surface area (Å²) < 4.78 is 28.1. The lowest BCUT2D eigenvalue weighted by molar-refractivity contribution is 0.0696. The molecule has 8 nitrogen and oxygen atoms in total. The van der Waals surface area contributed by atoms with Crippen LogP contribution in [0.4, 0.5) is 5.69 Å². The lowest BCUT2D eigenvalue weighted by Gasteiger charge is -2.10. The molecule has 1 aromatic heterocycles. The molecule has 0 bridgehead atoms. The van der Waals surface area contributed by atoms with Gasteiger partial charge in [-0.3, -0.25) is 4.72 Å². The lowest BCUT2D eigenvalue weighted by atomic mass is 10.1. The number of hydrogen-bond donors (Lipinski definition) is 3. The number of rotatable bonds is 5. The lowest BCUT2D eigenvalue weighted by Crippen LogP contribution is -2.14. The summed E-state index contributed by atoms with van der Waals surface area (Å²) in [6.07, 6.45) is 0. The molecule has 10 heteroatoms. The molecule has 0 radical (unpaired) electrons. The number of benzene rings is 2. The molecule has 0 amide bonds. The van der Waals surface area contributed by atoms with Crippen molar-refractivity contribution in [1.29, 1.82) is 0 Å². The van der Waals surface area contributed by atoms with Crippen LogP contribution in [0.1, 0.15) is 27.2 Å². The van der Waals surface area contributed by atoms with Crippen LogP contribution in [0.2, 0.25) is 0 Å². The minimum absolute atomic E-state index is 0. The Labute approximate surface area is 153 Å². The average molecular weight is 394 g/mol. The van der Waals surface area contributed by atoms with Crippen LogP contribution >= 0.6 is 11.3 Å². The molecule has 1 heterocycles. The van der Waals surface area contributed by atoms with E-state index >= 15 is 0 Å². The van der Waals surface area contributed by atoms with E-state index in [-0.39, 0.29) is 23.1 Å². The number of sulfonamides is 1. The number of aryl methyl sites for hydroxylation is 1. The third-order valence-corrected chi connectivity index (χ3v) is 5.77. The van der Waals surface area contributed by atoms with Gasteiger partial charge in [-0.15, -0.1) is 11.3 Å². The van der Waals surface area contributed by atoms with Crippen molar-refractivity contribution >= 4 is 49.2 Å². The maximum Gasteiger partial charge on any atom is 0.335 e. The third kappa shape index (κ3) is 3.51. The number of carboxylic acids is 2. The van der Waals surface area contributed by atoms with Crippen molar-refractivity contribution in [2.24, 2.45) is 0 Å². The van der Waals surface area contributed by atoms with E-state index in [1.807, 2.05) is 6.92 Å². The average Bonchev–Trinajstić information content (AvgIpc) is 2.93. The zero-order valence-electron chi connectivity index (χ0n) is 13.3. The van der Waals surface area contributed by atoms with Gasteiger partial charge in [-0.2, -0.15) is 0 Å². The molecule has 0 aliphatic heterocycles. The molecule has 26 heavy (non-hydrogen) atoms. The van der Waals surface area contributed by atoms with E-state index in [1.54, 1.807) is 6.07 Å². The quantitative estimate of drug-likeness (QED) is 0.605. The van der Waals surface area contributed by atoms with Gasteiger partial charge in [-0.05, 0) is 43.3 Å². The van der Waals surface area contributed by atoms with Gasteiger partial charge in [0.25, 0.3) is 10.0 Å². The molecular formula is C16H14N2O6S2. The van der Waals surface area contributed by atoms with Crippen molar-refractivity contribution in [2.75, 3.05) is 4.72 Å². The Kier molecular flexibility index (Phi) is 4.38. The van der Waals surface area contributed by atoms with Crippen LogP contribution in [0.15, 0.2) is 41.3 Å². The first-order valence-electron chi connectivity index (χ1n) is 7.17. The first kappa shape index (κ1) is 17.8. The fourth-order valence-electron chi connectivity index (χ4n) is 2.33. The maximum absolute atomic E-state index is 12.6. The van der Waals surface area contributed by atoms with Crippen LogP contribution in [-0.2, 0) is 10.0 Å². The van der Waals surface area contributed by atoms with Gasteiger partial charge in [0.1, 0.15) is 0 Å². The molecule has 0 aliphatic carbocycles. The van der Waals surface area contributed by atoms with Crippen LogP contribution in [0, 0.1) is 6.92 Å². The van der Waals surface area contributed by atoms with Crippen molar-refractivity contribution in [3.8, 4) is 0 Å². The van der Waals surface area contributed by atoms with E-state index in [1.165, 1.54) is 23.5 Å². The predicted molar refractivity (Wildman–Crippen MR) is 97.6 cm³/mol. The van der Waals surface area contributed by atoms with Crippen LogP contribution in [0.5, 0.6) is 0 Å². The SMILES string of the molecule is Cc1nc2ccc(S(=O)(=O)Nc3cc(C(=O)O)cc(C(=O)O)c3)cc2s1.[HH]. The van der Waals surface area contributed by atoms with Gasteiger partial charge in [-0.25, -0.2) is 23.0 Å². The third-order valence-electron chi connectivity index (χ3n) is 3.46. The number of hydrogen-bond acceptors (Lipinski definition) is 6. The van der Waals surface area contributed by atoms with Gasteiger partial charge in [0.05, 0.1) is 36.9 Å². The zero-order valence-corrected chi connectivity index (χ0v) is 14.9. The Bertz CT molecular complexity index is 1120. The minimum atomic E-state index is -4.04. The molecule has 0 saturated carbocycles.